The molecule has 0 amide bonds. The number of esters is 1. The molecule has 0 heterocycles. The third-order valence-corrected chi connectivity index (χ3v) is 1.17. The van der Waals surface area contributed by atoms with Crippen LogP contribution >= 0.6 is 0 Å². The van der Waals surface area contributed by atoms with Crippen molar-refractivity contribution in [2.75, 3.05) is 0 Å². The van der Waals surface area contributed by atoms with Crippen LogP contribution in [0, 0.1) is 0 Å². The summed E-state index contributed by atoms with van der Waals surface area (Å²) in [5, 5.41) is 16.6. The van der Waals surface area contributed by atoms with Gasteiger partial charge in [0.1, 0.15) is 5.60 Å². The van der Waals surface area contributed by atoms with Crippen LogP contribution < -0.4 is 0 Å². The maximum atomic E-state index is 11.1. The molecule has 14 heavy (non-hydrogen) atoms. The van der Waals surface area contributed by atoms with Crippen LogP contribution in [0.25, 0.3) is 0 Å². The Labute approximate surface area is 81.4 Å². The Morgan fingerprint density at radius 1 is 1.36 bits per heavy atom. The lowest BCUT2D eigenvalue weighted by molar-refractivity contribution is -0.278. The summed E-state index contributed by atoms with van der Waals surface area (Å²) in [6.07, 6.45) is -2.10. The predicted molar refractivity (Wildman–Crippen MR) is 45.6 cm³/mol. The van der Waals surface area contributed by atoms with Gasteiger partial charge in [0.25, 0.3) is 0 Å². The van der Waals surface area contributed by atoms with Crippen molar-refractivity contribution in [2.45, 2.75) is 38.9 Å². The first-order valence-electron chi connectivity index (χ1n) is 4.01. The molecule has 6 heteroatoms. The summed E-state index contributed by atoms with van der Waals surface area (Å²) in [5.41, 5.74) is -0.685. The molecule has 0 aliphatic carbocycles. The quantitative estimate of drug-likeness (QED) is 0.398. The van der Waals surface area contributed by atoms with E-state index in [4.69, 9.17) is 15.1 Å². The Kier molecular flexibility index (Phi) is 4.52. The summed E-state index contributed by atoms with van der Waals surface area (Å²) in [6.45, 7) is 4.96. The van der Waals surface area contributed by atoms with Crippen molar-refractivity contribution >= 4 is 11.9 Å². The molecule has 1 unspecified atom stereocenters. The second kappa shape index (κ2) is 4.92. The van der Waals surface area contributed by atoms with Gasteiger partial charge in [0, 0.05) is 0 Å². The third kappa shape index (κ3) is 5.50. The monoisotopic (exact) mass is 206 g/mol. The van der Waals surface area contributed by atoms with E-state index in [2.05, 4.69) is 4.89 Å². The first-order valence-corrected chi connectivity index (χ1v) is 4.01. The lowest BCUT2D eigenvalue weighted by Gasteiger charge is -2.20. The molecule has 0 saturated heterocycles. The van der Waals surface area contributed by atoms with E-state index in [0.717, 1.165) is 0 Å². The predicted octanol–water partition coefficient (Wildman–Crippen LogP) is 0.661. The highest BCUT2D eigenvalue weighted by atomic mass is 17.1. The second-order valence-electron chi connectivity index (χ2n) is 3.72. The van der Waals surface area contributed by atoms with E-state index in [9.17, 15) is 9.59 Å². The second-order valence-corrected chi connectivity index (χ2v) is 3.72. The van der Waals surface area contributed by atoms with Gasteiger partial charge < -0.3 is 9.84 Å². The highest BCUT2D eigenvalue weighted by Crippen LogP contribution is 2.10. The minimum Gasteiger partial charge on any atom is -0.479 e. The largest absolute Gasteiger partial charge is 0.479 e. The number of aliphatic carboxylic acids is 1. The molecule has 0 aliphatic rings. The van der Waals surface area contributed by atoms with Gasteiger partial charge in [0.15, 0.2) is 6.10 Å². The lowest BCUT2D eigenvalue weighted by atomic mass is 10.2. The molecule has 0 aromatic rings. The molecule has 0 aromatic carbocycles. The number of carboxylic acids is 1. The highest BCUT2D eigenvalue weighted by molar-refractivity contribution is 5.80. The Hall–Kier alpha value is -1.14. The van der Waals surface area contributed by atoms with Crippen molar-refractivity contribution < 1.29 is 29.6 Å². The van der Waals surface area contributed by atoms with E-state index in [1.54, 1.807) is 20.8 Å². The van der Waals surface area contributed by atoms with Crippen molar-refractivity contribution in [1.29, 1.82) is 0 Å². The smallest absolute Gasteiger partial charge is 0.336 e. The van der Waals surface area contributed by atoms with Gasteiger partial charge in [-0.2, -0.15) is 0 Å². The summed E-state index contributed by atoms with van der Waals surface area (Å²) >= 11 is 0. The topological polar surface area (TPSA) is 93.1 Å². The molecule has 6 nitrogen and oxygen atoms in total. The van der Waals surface area contributed by atoms with Crippen molar-refractivity contribution in [2.24, 2.45) is 0 Å². The number of hydrogen-bond donors (Lipinski definition) is 2. The number of hydrogen-bond acceptors (Lipinski definition) is 5. The zero-order valence-electron chi connectivity index (χ0n) is 8.31. The molecule has 0 rings (SSSR count). The van der Waals surface area contributed by atoms with Crippen molar-refractivity contribution in [3.8, 4) is 0 Å². The lowest BCUT2D eigenvalue weighted by Crippen LogP contribution is -2.30. The minimum atomic E-state index is -1.58. The summed E-state index contributed by atoms with van der Waals surface area (Å²) in [4.78, 5) is 25.0. The molecule has 0 fully saturated rings. The van der Waals surface area contributed by atoms with Crippen LogP contribution in [0.15, 0.2) is 0 Å². The van der Waals surface area contributed by atoms with Gasteiger partial charge in [-0.25, -0.2) is 9.68 Å². The van der Waals surface area contributed by atoms with Crippen molar-refractivity contribution in [3.05, 3.63) is 0 Å². The van der Waals surface area contributed by atoms with Gasteiger partial charge in [-0.05, 0) is 20.8 Å². The first kappa shape index (κ1) is 12.9. The number of rotatable bonds is 4. The fourth-order valence-electron chi connectivity index (χ4n) is 0.704. The Bertz CT molecular complexity index is 216. The molecular formula is C8H14O6. The van der Waals surface area contributed by atoms with Gasteiger partial charge in [0.05, 0.1) is 6.42 Å². The molecule has 0 saturated carbocycles. The fraction of sp³-hybridized carbons (Fsp3) is 0.750. The molecule has 0 aliphatic heterocycles. The summed E-state index contributed by atoms with van der Waals surface area (Å²) in [6, 6.07) is 0. The summed E-state index contributed by atoms with van der Waals surface area (Å²) in [5.74, 6) is -2.16. The average molecular weight is 206 g/mol. The molecule has 2 N–H and O–H groups in total. The van der Waals surface area contributed by atoms with E-state index in [1.807, 2.05) is 0 Å². The summed E-state index contributed by atoms with van der Waals surface area (Å²) < 4.78 is 4.83. The molecule has 82 valence electrons. The minimum absolute atomic E-state index is 0.525. The maximum absolute atomic E-state index is 11.1. The van der Waals surface area contributed by atoms with E-state index in [-0.39, 0.29) is 0 Å². The van der Waals surface area contributed by atoms with E-state index >= 15 is 0 Å². The van der Waals surface area contributed by atoms with Gasteiger partial charge in [-0.3, -0.25) is 10.1 Å². The van der Waals surface area contributed by atoms with Crippen LogP contribution in [0.3, 0.4) is 0 Å². The molecule has 1 atom stereocenters. The third-order valence-electron chi connectivity index (χ3n) is 1.17. The zero-order valence-corrected chi connectivity index (χ0v) is 8.31. The SMILES string of the molecule is CC(C)(C)OC(=O)CC(OO)C(=O)O. The van der Waals surface area contributed by atoms with E-state index < -0.39 is 30.1 Å². The normalized spacial score (nSPS) is 13.4. The van der Waals surface area contributed by atoms with Crippen molar-refractivity contribution in [1.82, 2.24) is 0 Å². The standard InChI is InChI=1S/C8H14O6/c1-8(2,3)13-6(9)4-5(14-12)7(10)11/h5,12H,4H2,1-3H3,(H,10,11). The molecule has 0 bridgehead atoms. The van der Waals surface area contributed by atoms with E-state index in [1.165, 1.54) is 0 Å². The van der Waals surface area contributed by atoms with Crippen LogP contribution in [0.1, 0.15) is 27.2 Å². The Morgan fingerprint density at radius 2 is 1.86 bits per heavy atom. The van der Waals surface area contributed by atoms with Gasteiger partial charge in [-0.1, -0.05) is 0 Å². The summed E-state index contributed by atoms with van der Waals surface area (Å²) in [7, 11) is 0. The molecular weight excluding hydrogens is 192 g/mol. The molecule has 0 aromatic heterocycles. The number of carbonyl (C=O) groups excluding carboxylic acids is 1. The van der Waals surface area contributed by atoms with Crippen molar-refractivity contribution in [3.63, 3.8) is 0 Å². The Morgan fingerprint density at radius 3 is 2.14 bits per heavy atom. The first-order chi connectivity index (χ1) is 6.26. The zero-order chi connectivity index (χ0) is 11.4. The van der Waals surface area contributed by atoms with E-state index in [0.29, 0.717) is 0 Å². The van der Waals surface area contributed by atoms with Gasteiger partial charge in [0.2, 0.25) is 0 Å². The highest BCUT2D eigenvalue weighted by Gasteiger charge is 2.25. The number of ether oxygens (including phenoxy) is 1. The van der Waals surface area contributed by atoms with Crippen LogP contribution in [0.5, 0.6) is 0 Å². The van der Waals surface area contributed by atoms with Crippen LogP contribution in [-0.2, 0) is 19.2 Å². The number of carboxylic acid groups (broad SMARTS) is 1. The Balaban J connectivity index is 4.11. The van der Waals surface area contributed by atoms with Crippen LogP contribution in [0.2, 0.25) is 0 Å². The average Bonchev–Trinajstić information content (AvgIpc) is 1.96. The fourth-order valence-corrected chi connectivity index (χ4v) is 0.704. The molecule has 0 spiro atoms. The van der Waals surface area contributed by atoms with Gasteiger partial charge in [-0.15, -0.1) is 0 Å². The van der Waals surface area contributed by atoms with Gasteiger partial charge >= 0.3 is 11.9 Å². The van der Waals surface area contributed by atoms with Crippen LogP contribution in [-0.4, -0.2) is 34.0 Å². The molecule has 0 radical (unpaired) electrons. The maximum Gasteiger partial charge on any atom is 0.336 e. The van der Waals surface area contributed by atoms with Crippen LogP contribution in [0.4, 0.5) is 0 Å². The number of carbonyl (C=O) groups is 2.